The van der Waals surface area contributed by atoms with Crippen LogP contribution in [0.3, 0.4) is 0 Å². The zero-order valence-electron chi connectivity index (χ0n) is 30.4. The van der Waals surface area contributed by atoms with Gasteiger partial charge in [-0.1, -0.05) is 153 Å². The zero-order chi connectivity index (χ0) is 35.0. The molecule has 2 heterocycles. The fourth-order valence-corrected chi connectivity index (χ4v) is 9.99. The van der Waals surface area contributed by atoms with Crippen molar-refractivity contribution < 1.29 is 0 Å². The Morgan fingerprint density at radius 3 is 2.23 bits per heavy atom. The van der Waals surface area contributed by atoms with Crippen molar-refractivity contribution in [3.05, 3.63) is 180 Å². The summed E-state index contributed by atoms with van der Waals surface area (Å²) >= 11 is 0. The first kappa shape index (κ1) is 31.4. The maximum absolute atomic E-state index is 4.00. The molecule has 0 radical (unpaired) electrons. The second kappa shape index (κ2) is 12.1. The highest BCUT2D eigenvalue weighted by Gasteiger charge is 2.50. The van der Waals surface area contributed by atoms with Crippen LogP contribution in [0.15, 0.2) is 163 Å². The van der Waals surface area contributed by atoms with Gasteiger partial charge in [0, 0.05) is 34.1 Å². The standard InChI is InChI=1S/C50H46N2/c1-32-12-11-16-37(28-32)45-31-38(34-13-5-4-6-14-34)30-44(51-45)36-20-23-39(24-21-36)52-46-29-33(2)26-27-50(46,3)48-47-40-17-8-7-15-35(40)22-25-42(47)41-18-9-10-19-43(41)49(48)52/h4-11,13-28,31-33,38,44,46,51H,12,29-30H2,1-3H3. The quantitative estimate of drug-likeness (QED) is 0.148. The SMILES string of the molecule is CC1C=C(C2=CC(c3ccccc3)CC(c3ccc(N4c5c(c6c7ccccc7ccc6c6ccccc56)C5(C)C=CC(C)CC45)cc3)N2)C=CC1. The minimum absolute atomic E-state index is 0.126. The molecule has 4 aliphatic rings. The van der Waals surface area contributed by atoms with Crippen LogP contribution in [0, 0.1) is 11.8 Å². The summed E-state index contributed by atoms with van der Waals surface area (Å²) < 4.78 is 0. The number of hydrogen-bond acceptors (Lipinski definition) is 2. The third kappa shape index (κ3) is 4.91. The van der Waals surface area contributed by atoms with Crippen molar-refractivity contribution in [1.29, 1.82) is 0 Å². The first-order chi connectivity index (χ1) is 25.5. The van der Waals surface area contributed by atoms with Gasteiger partial charge in [-0.25, -0.2) is 0 Å². The molecule has 2 aliphatic heterocycles. The van der Waals surface area contributed by atoms with Crippen molar-refractivity contribution >= 4 is 43.7 Å². The molecule has 2 nitrogen and oxygen atoms in total. The van der Waals surface area contributed by atoms with Crippen molar-refractivity contribution in [3.8, 4) is 0 Å². The molecule has 6 unspecified atom stereocenters. The second-order valence-corrected chi connectivity index (χ2v) is 16.1. The fraction of sp³-hybridized carbons (Fsp3) is 0.240. The lowest BCUT2D eigenvalue weighted by Gasteiger charge is -2.40. The molecule has 0 fully saturated rings. The van der Waals surface area contributed by atoms with Crippen LogP contribution in [-0.2, 0) is 5.41 Å². The summed E-state index contributed by atoms with van der Waals surface area (Å²) in [4.78, 5) is 2.73. The maximum atomic E-state index is 4.00. The van der Waals surface area contributed by atoms with Crippen molar-refractivity contribution in [3.63, 3.8) is 0 Å². The molecular formula is C50H46N2. The first-order valence-corrected chi connectivity index (χ1v) is 19.3. The molecule has 1 N–H and O–H groups in total. The highest BCUT2D eigenvalue weighted by Crippen LogP contribution is 2.59. The van der Waals surface area contributed by atoms with Crippen molar-refractivity contribution in [2.24, 2.45) is 11.8 Å². The molecule has 6 atom stereocenters. The number of nitrogens with zero attached hydrogens (tertiary/aromatic N) is 1. The molecular weight excluding hydrogens is 629 g/mol. The minimum Gasteiger partial charge on any atom is -0.378 e. The molecule has 10 rings (SSSR count). The number of allylic oxidation sites excluding steroid dienone is 5. The van der Waals surface area contributed by atoms with Crippen LogP contribution in [0.2, 0.25) is 0 Å². The molecule has 0 saturated carbocycles. The van der Waals surface area contributed by atoms with Crippen molar-refractivity contribution in [2.45, 2.75) is 63.5 Å². The van der Waals surface area contributed by atoms with E-state index in [4.69, 9.17) is 0 Å². The summed E-state index contributed by atoms with van der Waals surface area (Å²) in [5.74, 6) is 1.42. The molecule has 6 aromatic rings. The van der Waals surface area contributed by atoms with Gasteiger partial charge in [0.1, 0.15) is 0 Å². The Hall–Kier alpha value is -5.34. The molecule has 6 aromatic carbocycles. The molecule has 2 heteroatoms. The van der Waals surface area contributed by atoms with Crippen LogP contribution in [0.1, 0.15) is 68.7 Å². The predicted octanol–water partition coefficient (Wildman–Crippen LogP) is 12.7. The Labute approximate surface area is 307 Å². The Morgan fingerprint density at radius 1 is 0.673 bits per heavy atom. The van der Waals surface area contributed by atoms with Gasteiger partial charge in [0.2, 0.25) is 0 Å². The fourth-order valence-electron chi connectivity index (χ4n) is 9.99. The Balaban J connectivity index is 1.11. The van der Waals surface area contributed by atoms with Gasteiger partial charge < -0.3 is 10.2 Å². The van der Waals surface area contributed by atoms with Crippen LogP contribution in [0.4, 0.5) is 11.4 Å². The van der Waals surface area contributed by atoms with Crippen LogP contribution in [0.25, 0.3) is 32.3 Å². The van der Waals surface area contributed by atoms with E-state index in [1.807, 2.05) is 0 Å². The normalized spacial score (nSPS) is 26.6. The largest absolute Gasteiger partial charge is 0.378 e. The van der Waals surface area contributed by atoms with E-state index in [1.54, 1.807) is 0 Å². The molecule has 0 spiro atoms. The van der Waals surface area contributed by atoms with Crippen molar-refractivity contribution in [2.75, 3.05) is 4.90 Å². The molecule has 0 aromatic heterocycles. The molecule has 0 bridgehead atoms. The summed E-state index contributed by atoms with van der Waals surface area (Å²) in [6.07, 6.45) is 17.8. The number of nitrogens with one attached hydrogen (secondary N) is 1. The van der Waals surface area contributed by atoms with E-state index in [0.29, 0.717) is 23.8 Å². The van der Waals surface area contributed by atoms with Gasteiger partial charge in [0.05, 0.1) is 11.7 Å². The summed E-state index contributed by atoms with van der Waals surface area (Å²) in [5, 5.41) is 12.1. The van der Waals surface area contributed by atoms with Gasteiger partial charge in [-0.2, -0.15) is 0 Å². The van der Waals surface area contributed by atoms with Crippen LogP contribution < -0.4 is 10.2 Å². The summed E-state index contributed by atoms with van der Waals surface area (Å²) in [5.41, 5.74) is 9.33. The highest BCUT2D eigenvalue weighted by molar-refractivity contribution is 6.24. The van der Waals surface area contributed by atoms with Gasteiger partial charge in [0.15, 0.2) is 0 Å². The Kier molecular flexibility index (Phi) is 7.32. The van der Waals surface area contributed by atoms with E-state index >= 15 is 0 Å². The third-order valence-corrected chi connectivity index (χ3v) is 12.6. The van der Waals surface area contributed by atoms with Gasteiger partial charge in [-0.3, -0.25) is 0 Å². The number of anilines is 2. The van der Waals surface area contributed by atoms with Gasteiger partial charge >= 0.3 is 0 Å². The maximum Gasteiger partial charge on any atom is 0.0542 e. The van der Waals surface area contributed by atoms with Crippen LogP contribution in [0.5, 0.6) is 0 Å². The van der Waals surface area contributed by atoms with E-state index in [9.17, 15) is 0 Å². The first-order valence-electron chi connectivity index (χ1n) is 19.3. The minimum atomic E-state index is -0.126. The molecule has 0 amide bonds. The van der Waals surface area contributed by atoms with E-state index in [2.05, 4.69) is 183 Å². The monoisotopic (exact) mass is 674 g/mol. The molecule has 256 valence electrons. The lowest BCUT2D eigenvalue weighted by atomic mass is 9.69. The number of fused-ring (bicyclic) bond motifs is 10. The average molecular weight is 675 g/mol. The topological polar surface area (TPSA) is 15.3 Å². The number of benzene rings is 6. The third-order valence-electron chi connectivity index (χ3n) is 12.6. The van der Waals surface area contributed by atoms with E-state index in [-0.39, 0.29) is 11.5 Å². The summed E-state index contributed by atoms with van der Waals surface area (Å²) in [7, 11) is 0. The lowest BCUT2D eigenvalue weighted by Crippen LogP contribution is -2.43. The number of hydrogen-bond donors (Lipinski definition) is 1. The van der Waals surface area contributed by atoms with E-state index in [1.165, 1.54) is 71.7 Å². The molecule has 0 saturated heterocycles. The Morgan fingerprint density at radius 2 is 1.42 bits per heavy atom. The second-order valence-electron chi connectivity index (χ2n) is 16.1. The van der Waals surface area contributed by atoms with E-state index < -0.39 is 0 Å². The highest BCUT2D eigenvalue weighted by atomic mass is 15.2. The summed E-state index contributed by atoms with van der Waals surface area (Å²) in [6.45, 7) is 7.20. The zero-order valence-corrected chi connectivity index (χ0v) is 30.4. The molecule has 52 heavy (non-hydrogen) atoms. The number of rotatable bonds is 4. The van der Waals surface area contributed by atoms with Crippen molar-refractivity contribution in [1.82, 2.24) is 5.32 Å². The average Bonchev–Trinajstić information content (AvgIpc) is 3.46. The van der Waals surface area contributed by atoms with Crippen LogP contribution >= 0.6 is 0 Å². The van der Waals surface area contributed by atoms with Gasteiger partial charge in [-0.05, 0) is 99.3 Å². The van der Waals surface area contributed by atoms with E-state index in [0.717, 1.165) is 19.3 Å². The van der Waals surface area contributed by atoms with Gasteiger partial charge in [0.25, 0.3) is 0 Å². The predicted molar refractivity (Wildman–Crippen MR) is 220 cm³/mol. The lowest BCUT2D eigenvalue weighted by molar-refractivity contribution is 0.395. The smallest absolute Gasteiger partial charge is 0.0542 e. The summed E-state index contributed by atoms with van der Waals surface area (Å²) in [6, 6.07) is 44.0. The van der Waals surface area contributed by atoms with Crippen LogP contribution in [-0.4, -0.2) is 6.04 Å². The van der Waals surface area contributed by atoms with Gasteiger partial charge in [-0.15, -0.1) is 0 Å². The Bertz CT molecular complexity index is 2480. The molecule has 2 aliphatic carbocycles.